The fourth-order valence-corrected chi connectivity index (χ4v) is 1.63. The maximum Gasteiger partial charge on any atom is 0.108 e. The molecule has 0 fully saturated rings. The first-order valence-corrected chi connectivity index (χ1v) is 5.67. The van der Waals surface area contributed by atoms with Gasteiger partial charge in [0.2, 0.25) is 0 Å². The highest BCUT2D eigenvalue weighted by atomic mass is 35.5. The number of nitrogens with zero attached hydrogens (tertiary/aromatic N) is 1. The van der Waals surface area contributed by atoms with Gasteiger partial charge < -0.3 is 4.74 Å². The smallest absolute Gasteiger partial charge is 0.108 e. The quantitative estimate of drug-likeness (QED) is 0.711. The average Bonchev–Trinajstić information content (AvgIpc) is 2.29. The average molecular weight is 244 g/mol. The van der Waals surface area contributed by atoms with Crippen LogP contribution in [0.15, 0.2) is 30.3 Å². The van der Waals surface area contributed by atoms with Crippen molar-refractivity contribution in [2.24, 2.45) is 0 Å². The summed E-state index contributed by atoms with van der Waals surface area (Å²) in [6.45, 7) is 9.19. The maximum absolute atomic E-state index is 5.80. The molecule has 0 saturated carbocycles. The molecule has 0 N–H and O–H groups in total. The summed E-state index contributed by atoms with van der Waals surface area (Å²) in [5.74, 6) is 0. The first-order valence-electron chi connectivity index (χ1n) is 5.67. The van der Waals surface area contributed by atoms with Crippen LogP contribution in [-0.2, 0) is 11.3 Å². The molecule has 92 valence electrons. The largest absolute Gasteiger partial charge is 0.359 e. The Morgan fingerprint density at radius 2 is 1.69 bits per heavy atom. The second-order valence-electron chi connectivity index (χ2n) is 3.62. The normalized spacial score (nSPS) is 12.2. The van der Waals surface area contributed by atoms with E-state index in [1.807, 2.05) is 18.2 Å². The summed E-state index contributed by atoms with van der Waals surface area (Å²) < 4.78 is 5.80. The van der Waals surface area contributed by atoms with E-state index in [-0.39, 0.29) is 18.6 Å². The zero-order valence-electron chi connectivity index (χ0n) is 10.3. The summed E-state index contributed by atoms with van der Waals surface area (Å²) in [6, 6.07) is 10.3. The van der Waals surface area contributed by atoms with Crippen molar-refractivity contribution in [2.45, 2.75) is 33.6 Å². The molecule has 0 saturated heterocycles. The van der Waals surface area contributed by atoms with Crippen LogP contribution in [0.3, 0.4) is 0 Å². The number of hydrogen-bond acceptors (Lipinski definition) is 2. The van der Waals surface area contributed by atoms with Crippen LogP contribution in [0.1, 0.15) is 26.3 Å². The molecule has 1 atom stereocenters. The van der Waals surface area contributed by atoms with Crippen LogP contribution in [0.2, 0.25) is 0 Å². The highest BCUT2D eigenvalue weighted by Crippen LogP contribution is 2.06. The number of halogens is 1. The highest BCUT2D eigenvalue weighted by Gasteiger charge is 2.09. The van der Waals surface area contributed by atoms with E-state index in [9.17, 15) is 0 Å². The lowest BCUT2D eigenvalue weighted by Crippen LogP contribution is -2.34. The fraction of sp³-hybridized carbons (Fsp3) is 0.538. The van der Waals surface area contributed by atoms with Gasteiger partial charge >= 0.3 is 0 Å². The monoisotopic (exact) mass is 243 g/mol. The predicted molar refractivity (Wildman–Crippen MR) is 70.9 cm³/mol. The van der Waals surface area contributed by atoms with Gasteiger partial charge in [-0.1, -0.05) is 44.2 Å². The standard InChI is InChI=1S/C13H21NO.ClH/c1-4-14(5-2)12(3)15-11-13-9-7-6-8-10-13;/h6-10,12H,4-5,11H2,1-3H3;1H. The van der Waals surface area contributed by atoms with Crippen LogP contribution in [0.25, 0.3) is 0 Å². The van der Waals surface area contributed by atoms with E-state index >= 15 is 0 Å². The summed E-state index contributed by atoms with van der Waals surface area (Å²) in [5, 5.41) is 0. The topological polar surface area (TPSA) is 12.5 Å². The van der Waals surface area contributed by atoms with Gasteiger partial charge in [0.15, 0.2) is 0 Å². The summed E-state index contributed by atoms with van der Waals surface area (Å²) in [4.78, 5) is 2.29. The van der Waals surface area contributed by atoms with Gasteiger partial charge in [0.25, 0.3) is 0 Å². The van der Waals surface area contributed by atoms with Gasteiger partial charge in [-0.05, 0) is 25.6 Å². The summed E-state index contributed by atoms with van der Waals surface area (Å²) in [7, 11) is 0. The Morgan fingerprint density at radius 1 is 1.12 bits per heavy atom. The number of hydrogen-bond donors (Lipinski definition) is 0. The van der Waals surface area contributed by atoms with Crippen molar-refractivity contribution in [1.82, 2.24) is 4.90 Å². The molecular weight excluding hydrogens is 222 g/mol. The number of ether oxygens (including phenoxy) is 1. The Morgan fingerprint density at radius 3 is 2.19 bits per heavy atom. The number of rotatable bonds is 6. The van der Waals surface area contributed by atoms with Gasteiger partial charge in [0.05, 0.1) is 6.61 Å². The fourth-order valence-electron chi connectivity index (χ4n) is 1.63. The molecule has 0 amide bonds. The lowest BCUT2D eigenvalue weighted by molar-refractivity contribution is -0.0521. The second-order valence-corrected chi connectivity index (χ2v) is 3.62. The third kappa shape index (κ3) is 4.97. The molecule has 0 aliphatic carbocycles. The van der Waals surface area contributed by atoms with Crippen LogP contribution in [0.4, 0.5) is 0 Å². The van der Waals surface area contributed by atoms with Crippen molar-refractivity contribution in [3.8, 4) is 0 Å². The Kier molecular flexibility index (Phi) is 8.26. The van der Waals surface area contributed by atoms with Gasteiger partial charge in [-0.25, -0.2) is 0 Å². The molecule has 1 aromatic carbocycles. The molecule has 1 unspecified atom stereocenters. The molecule has 1 rings (SSSR count). The predicted octanol–water partition coefficient (Wildman–Crippen LogP) is 3.31. The molecule has 0 aliphatic heterocycles. The van der Waals surface area contributed by atoms with Crippen LogP contribution in [0, 0.1) is 0 Å². The van der Waals surface area contributed by atoms with E-state index in [1.54, 1.807) is 0 Å². The number of benzene rings is 1. The SMILES string of the molecule is CCN(CC)C(C)OCc1ccccc1.Cl. The Hall–Kier alpha value is -0.570. The van der Waals surface area contributed by atoms with Crippen LogP contribution in [-0.4, -0.2) is 24.2 Å². The minimum Gasteiger partial charge on any atom is -0.359 e. The zero-order chi connectivity index (χ0) is 11.1. The van der Waals surface area contributed by atoms with Gasteiger partial charge in [-0.3, -0.25) is 4.90 Å². The molecule has 2 nitrogen and oxygen atoms in total. The van der Waals surface area contributed by atoms with E-state index in [4.69, 9.17) is 4.74 Å². The molecule has 0 aliphatic rings. The van der Waals surface area contributed by atoms with Gasteiger partial charge in [0, 0.05) is 0 Å². The molecule has 0 bridgehead atoms. The molecule has 16 heavy (non-hydrogen) atoms. The van der Waals surface area contributed by atoms with E-state index < -0.39 is 0 Å². The van der Waals surface area contributed by atoms with Gasteiger partial charge in [-0.2, -0.15) is 0 Å². The van der Waals surface area contributed by atoms with Crippen molar-refractivity contribution >= 4 is 12.4 Å². The molecular formula is C13H22ClNO. The van der Waals surface area contributed by atoms with E-state index in [1.165, 1.54) is 5.56 Å². The summed E-state index contributed by atoms with van der Waals surface area (Å²) in [6.07, 6.45) is 0.195. The maximum atomic E-state index is 5.80. The van der Waals surface area contributed by atoms with Crippen LogP contribution in [0.5, 0.6) is 0 Å². The second kappa shape index (κ2) is 8.57. The molecule has 0 aromatic heterocycles. The molecule has 0 heterocycles. The van der Waals surface area contributed by atoms with Crippen molar-refractivity contribution < 1.29 is 4.74 Å². The molecule has 0 radical (unpaired) electrons. The Balaban J connectivity index is 0.00000225. The zero-order valence-corrected chi connectivity index (χ0v) is 11.2. The summed E-state index contributed by atoms with van der Waals surface area (Å²) in [5.41, 5.74) is 1.23. The summed E-state index contributed by atoms with van der Waals surface area (Å²) >= 11 is 0. The van der Waals surface area contributed by atoms with Crippen LogP contribution >= 0.6 is 12.4 Å². The van der Waals surface area contributed by atoms with E-state index in [0.717, 1.165) is 13.1 Å². The van der Waals surface area contributed by atoms with Gasteiger partial charge in [0.1, 0.15) is 6.23 Å². The molecule has 0 spiro atoms. The Labute approximate surface area is 105 Å². The van der Waals surface area contributed by atoms with Crippen molar-refractivity contribution in [3.63, 3.8) is 0 Å². The van der Waals surface area contributed by atoms with E-state index in [2.05, 4.69) is 37.8 Å². The molecule has 1 aromatic rings. The highest BCUT2D eigenvalue weighted by molar-refractivity contribution is 5.85. The van der Waals surface area contributed by atoms with Crippen molar-refractivity contribution in [2.75, 3.05) is 13.1 Å². The first kappa shape index (κ1) is 15.4. The lowest BCUT2D eigenvalue weighted by Gasteiger charge is -2.26. The van der Waals surface area contributed by atoms with Gasteiger partial charge in [-0.15, -0.1) is 12.4 Å². The van der Waals surface area contributed by atoms with Crippen molar-refractivity contribution in [3.05, 3.63) is 35.9 Å². The van der Waals surface area contributed by atoms with Crippen molar-refractivity contribution in [1.29, 1.82) is 0 Å². The Bertz CT molecular complexity index is 262. The third-order valence-electron chi connectivity index (χ3n) is 2.66. The first-order chi connectivity index (χ1) is 7.27. The minimum atomic E-state index is 0. The lowest BCUT2D eigenvalue weighted by atomic mass is 10.2. The minimum absolute atomic E-state index is 0. The third-order valence-corrected chi connectivity index (χ3v) is 2.66. The molecule has 3 heteroatoms. The van der Waals surface area contributed by atoms with Crippen LogP contribution < -0.4 is 0 Å². The van der Waals surface area contributed by atoms with E-state index in [0.29, 0.717) is 6.61 Å².